The van der Waals surface area contributed by atoms with Crippen LogP contribution in [0.5, 0.6) is 0 Å². The number of aromatic nitrogens is 3. The number of hydrogen-bond acceptors (Lipinski definition) is 5. The van der Waals surface area contributed by atoms with Crippen LogP contribution in [-0.2, 0) is 4.79 Å². The van der Waals surface area contributed by atoms with E-state index in [4.69, 9.17) is 11.6 Å². The Labute approximate surface area is 203 Å². The fraction of sp³-hybridized carbons (Fsp3) is 0.360. The van der Waals surface area contributed by atoms with Crippen molar-refractivity contribution in [3.05, 3.63) is 65.6 Å². The van der Waals surface area contributed by atoms with E-state index >= 15 is 0 Å². The smallest absolute Gasteiger partial charge is 0.271 e. The monoisotopic (exact) mass is 478 g/mol. The summed E-state index contributed by atoms with van der Waals surface area (Å²) in [5.74, 6) is -0.137. The van der Waals surface area contributed by atoms with E-state index in [-0.39, 0.29) is 17.7 Å². The van der Waals surface area contributed by atoms with Crippen LogP contribution in [0.4, 0.5) is 5.69 Å². The molecule has 3 aromatic rings. The summed E-state index contributed by atoms with van der Waals surface area (Å²) in [6.07, 6.45) is 5.04. The highest BCUT2D eigenvalue weighted by atomic mass is 35.5. The second-order valence-corrected chi connectivity index (χ2v) is 9.22. The number of piperazine rings is 1. The van der Waals surface area contributed by atoms with Crippen molar-refractivity contribution in [2.75, 3.05) is 44.2 Å². The highest BCUT2D eigenvalue weighted by Crippen LogP contribution is 2.24. The summed E-state index contributed by atoms with van der Waals surface area (Å²) in [5.41, 5.74) is 3.08. The molecular weight excluding hydrogens is 452 g/mol. The zero-order valence-corrected chi connectivity index (χ0v) is 19.6. The highest BCUT2D eigenvalue weighted by Gasteiger charge is 2.33. The molecule has 176 valence electrons. The average molecular weight is 479 g/mol. The molecule has 2 saturated heterocycles. The lowest BCUT2D eigenvalue weighted by Gasteiger charge is -2.39. The van der Waals surface area contributed by atoms with E-state index < -0.39 is 0 Å². The molecule has 4 heterocycles. The number of aromatic amines is 1. The van der Waals surface area contributed by atoms with Gasteiger partial charge in [-0.15, -0.1) is 0 Å². The third-order valence-electron chi connectivity index (χ3n) is 6.61. The number of nitrogens with one attached hydrogen (secondary N) is 1. The van der Waals surface area contributed by atoms with Crippen molar-refractivity contribution in [3.8, 4) is 11.3 Å². The molecule has 8 nitrogen and oxygen atoms in total. The van der Waals surface area contributed by atoms with Crippen LogP contribution in [0.1, 0.15) is 23.3 Å². The zero-order chi connectivity index (χ0) is 23.5. The summed E-state index contributed by atoms with van der Waals surface area (Å²) in [5, 5.41) is 7.84. The fourth-order valence-corrected chi connectivity index (χ4v) is 4.85. The van der Waals surface area contributed by atoms with E-state index in [0.717, 1.165) is 42.2 Å². The topological polar surface area (TPSA) is 85.4 Å². The molecule has 2 aliphatic rings. The highest BCUT2D eigenvalue weighted by molar-refractivity contribution is 6.30. The number of H-pyrrole nitrogens is 1. The maximum atomic E-state index is 13.3. The first kappa shape index (κ1) is 22.4. The standard InChI is InChI=1S/C25H27ClN6O2/c26-20-5-7-21(8-6-20)30-11-13-31(14-12-30)24(33)19-4-2-10-32(17-19)25(34)23-15-22(28-29-23)18-3-1-9-27-16-18/h1,3,5-9,15-16,19H,2,4,10-14,17H2,(H,28,29). The van der Waals surface area contributed by atoms with E-state index in [0.29, 0.717) is 37.6 Å². The number of carbonyl (C=O) groups excluding carboxylic acids is 2. The normalized spacial score (nSPS) is 18.7. The van der Waals surface area contributed by atoms with Gasteiger partial charge in [0.25, 0.3) is 5.91 Å². The van der Waals surface area contributed by atoms with Crippen molar-refractivity contribution in [1.29, 1.82) is 0 Å². The van der Waals surface area contributed by atoms with Crippen molar-refractivity contribution in [2.45, 2.75) is 12.8 Å². The summed E-state index contributed by atoms with van der Waals surface area (Å²) >= 11 is 6.00. The molecule has 0 saturated carbocycles. The molecule has 0 radical (unpaired) electrons. The number of pyridine rings is 1. The van der Waals surface area contributed by atoms with Crippen molar-refractivity contribution in [2.24, 2.45) is 5.92 Å². The Kier molecular flexibility index (Phi) is 6.49. The molecule has 1 atom stereocenters. The zero-order valence-electron chi connectivity index (χ0n) is 18.9. The quantitative estimate of drug-likeness (QED) is 0.621. The first-order chi connectivity index (χ1) is 16.6. The molecule has 1 aromatic carbocycles. The number of amides is 2. The molecule has 5 rings (SSSR count). The van der Waals surface area contributed by atoms with Gasteiger partial charge in [0.15, 0.2) is 0 Å². The Bertz CT molecular complexity index is 1140. The third kappa shape index (κ3) is 4.77. The van der Waals surface area contributed by atoms with Crippen molar-refractivity contribution >= 4 is 29.1 Å². The first-order valence-corrected chi connectivity index (χ1v) is 12.0. The number of rotatable bonds is 4. The Morgan fingerprint density at radius 2 is 1.79 bits per heavy atom. The summed E-state index contributed by atoms with van der Waals surface area (Å²) in [6, 6.07) is 13.3. The van der Waals surface area contributed by atoms with Gasteiger partial charge < -0.3 is 14.7 Å². The lowest BCUT2D eigenvalue weighted by molar-refractivity contribution is -0.137. The molecule has 1 N–H and O–H groups in total. The average Bonchev–Trinajstić information content (AvgIpc) is 3.39. The van der Waals surface area contributed by atoms with Gasteiger partial charge in [0.1, 0.15) is 5.69 Å². The summed E-state index contributed by atoms with van der Waals surface area (Å²) in [7, 11) is 0. The molecular formula is C25H27ClN6O2. The van der Waals surface area contributed by atoms with Gasteiger partial charge in [-0.05, 0) is 55.3 Å². The molecule has 2 fully saturated rings. The third-order valence-corrected chi connectivity index (χ3v) is 6.86. The van der Waals surface area contributed by atoms with Gasteiger partial charge in [-0.2, -0.15) is 5.10 Å². The molecule has 0 spiro atoms. The van der Waals surface area contributed by atoms with Gasteiger partial charge in [-0.1, -0.05) is 11.6 Å². The number of halogens is 1. The van der Waals surface area contributed by atoms with Gasteiger partial charge in [0, 0.05) is 67.9 Å². The molecule has 2 amide bonds. The van der Waals surface area contributed by atoms with Crippen LogP contribution >= 0.6 is 11.6 Å². The fourth-order valence-electron chi connectivity index (χ4n) is 4.72. The van der Waals surface area contributed by atoms with E-state index in [1.54, 1.807) is 23.4 Å². The summed E-state index contributed by atoms with van der Waals surface area (Å²) in [4.78, 5) is 36.5. The molecule has 0 aliphatic carbocycles. The van der Waals surface area contributed by atoms with Gasteiger partial charge in [0.2, 0.25) is 5.91 Å². The maximum Gasteiger partial charge on any atom is 0.271 e. The molecule has 2 aromatic heterocycles. The molecule has 0 bridgehead atoms. The maximum absolute atomic E-state index is 13.3. The van der Waals surface area contributed by atoms with Crippen LogP contribution in [0.3, 0.4) is 0 Å². The Hall–Kier alpha value is -3.39. The Morgan fingerprint density at radius 1 is 1.00 bits per heavy atom. The van der Waals surface area contributed by atoms with E-state index in [1.807, 2.05) is 41.3 Å². The lowest BCUT2D eigenvalue weighted by Crippen LogP contribution is -2.53. The van der Waals surface area contributed by atoms with Crippen molar-refractivity contribution < 1.29 is 9.59 Å². The second kappa shape index (κ2) is 9.85. The predicted molar refractivity (Wildman–Crippen MR) is 131 cm³/mol. The van der Waals surface area contributed by atoms with E-state index in [1.165, 1.54) is 0 Å². The summed E-state index contributed by atoms with van der Waals surface area (Å²) < 4.78 is 0. The lowest BCUT2D eigenvalue weighted by atomic mass is 9.96. The number of piperidine rings is 1. The van der Waals surface area contributed by atoms with Gasteiger partial charge in [-0.3, -0.25) is 19.7 Å². The molecule has 1 unspecified atom stereocenters. The minimum Gasteiger partial charge on any atom is -0.368 e. The second-order valence-electron chi connectivity index (χ2n) is 8.79. The summed E-state index contributed by atoms with van der Waals surface area (Å²) in [6.45, 7) is 4.02. The minimum atomic E-state index is -0.166. The molecule has 2 aliphatic heterocycles. The Balaban J connectivity index is 1.18. The van der Waals surface area contributed by atoms with Crippen LogP contribution in [0.25, 0.3) is 11.3 Å². The first-order valence-electron chi connectivity index (χ1n) is 11.6. The number of hydrogen-bond donors (Lipinski definition) is 1. The number of anilines is 1. The van der Waals surface area contributed by atoms with Crippen LogP contribution in [0.2, 0.25) is 5.02 Å². The van der Waals surface area contributed by atoms with Crippen LogP contribution in [0.15, 0.2) is 54.9 Å². The van der Waals surface area contributed by atoms with Crippen LogP contribution < -0.4 is 4.90 Å². The SMILES string of the molecule is O=C(c1cc(-c2cccnc2)n[nH]1)N1CCCC(C(=O)N2CCN(c3ccc(Cl)cc3)CC2)C1. The van der Waals surface area contributed by atoms with Crippen molar-refractivity contribution in [3.63, 3.8) is 0 Å². The van der Waals surface area contributed by atoms with Gasteiger partial charge in [-0.25, -0.2) is 0 Å². The Morgan fingerprint density at radius 3 is 2.53 bits per heavy atom. The number of likely N-dealkylation sites (tertiary alicyclic amines) is 1. The number of carbonyl (C=O) groups is 2. The molecule has 9 heteroatoms. The van der Waals surface area contributed by atoms with Gasteiger partial charge in [0.05, 0.1) is 11.6 Å². The van der Waals surface area contributed by atoms with Crippen LogP contribution in [0, 0.1) is 5.92 Å². The molecule has 34 heavy (non-hydrogen) atoms. The minimum absolute atomic E-state index is 0.118. The van der Waals surface area contributed by atoms with Gasteiger partial charge >= 0.3 is 0 Å². The van der Waals surface area contributed by atoms with E-state index in [9.17, 15) is 9.59 Å². The van der Waals surface area contributed by atoms with Crippen LogP contribution in [-0.4, -0.2) is 76.1 Å². The van der Waals surface area contributed by atoms with E-state index in [2.05, 4.69) is 20.1 Å². The predicted octanol–water partition coefficient (Wildman–Crippen LogP) is 3.33. The largest absolute Gasteiger partial charge is 0.368 e. The van der Waals surface area contributed by atoms with Crippen molar-refractivity contribution in [1.82, 2.24) is 25.0 Å². The number of nitrogens with zero attached hydrogens (tertiary/aromatic N) is 5. The number of benzene rings is 1.